The lowest BCUT2D eigenvalue weighted by Gasteiger charge is -2.59. The number of nitro benzene ring substituents is 1. The Morgan fingerprint density at radius 2 is 1.67 bits per heavy atom. The van der Waals surface area contributed by atoms with Crippen molar-refractivity contribution in [1.29, 1.82) is 0 Å². The standard InChI is InChI=1S/C27H22F2I3NO11S/c28-27(29,45(39,40)41)12-42-24(36)25-7-13-3-14(8-25)10-26(9-13,11-25)44-23(35)17-2-1-16(6-20(17)33(37)38)43-22(34)18-4-15(30)5-19(31)21(18)32/h1-2,4-6,13-14H,3,7-12H2,(H,39,40,41). The highest BCUT2D eigenvalue weighted by atomic mass is 127. The molecule has 4 aliphatic carbocycles. The van der Waals surface area contributed by atoms with Gasteiger partial charge in [-0.25, -0.2) is 9.59 Å². The van der Waals surface area contributed by atoms with Crippen LogP contribution in [-0.2, 0) is 24.4 Å². The van der Waals surface area contributed by atoms with Crippen LogP contribution in [0.25, 0.3) is 0 Å². The number of nitro groups is 1. The number of carbonyl (C=O) groups is 3. The Bertz CT molecular complexity index is 1720. The highest BCUT2D eigenvalue weighted by Crippen LogP contribution is 2.63. The third kappa shape index (κ3) is 6.93. The molecule has 0 aromatic heterocycles. The molecule has 12 nitrogen and oxygen atoms in total. The Labute approximate surface area is 295 Å². The maximum absolute atomic E-state index is 13.8. The first-order chi connectivity index (χ1) is 20.8. The molecule has 2 unspecified atom stereocenters. The van der Waals surface area contributed by atoms with E-state index in [0.29, 0.717) is 22.8 Å². The van der Waals surface area contributed by atoms with E-state index in [1.807, 2.05) is 51.2 Å². The molecule has 18 heteroatoms. The molecule has 0 spiro atoms. The van der Waals surface area contributed by atoms with Crippen LogP contribution in [0.5, 0.6) is 5.75 Å². The lowest BCUT2D eigenvalue weighted by atomic mass is 9.48. The second kappa shape index (κ2) is 12.3. The first-order valence-corrected chi connectivity index (χ1v) is 17.9. The maximum atomic E-state index is 13.8. The summed E-state index contributed by atoms with van der Waals surface area (Å²) < 4.78 is 76.4. The van der Waals surface area contributed by atoms with Gasteiger partial charge in [0.05, 0.1) is 22.0 Å². The number of rotatable bonds is 9. The molecule has 2 aromatic rings. The van der Waals surface area contributed by atoms with Crippen molar-refractivity contribution in [3.8, 4) is 5.75 Å². The minimum Gasteiger partial charge on any atom is -0.458 e. The van der Waals surface area contributed by atoms with Gasteiger partial charge in [0, 0.05) is 17.1 Å². The van der Waals surface area contributed by atoms with E-state index in [-0.39, 0.29) is 42.4 Å². The number of esters is 3. The molecule has 0 aliphatic heterocycles. The molecule has 0 heterocycles. The largest absolute Gasteiger partial charge is 0.458 e. The summed E-state index contributed by atoms with van der Waals surface area (Å²) in [5.74, 6) is -3.35. The van der Waals surface area contributed by atoms with Gasteiger partial charge in [-0.15, -0.1) is 0 Å². The molecule has 4 fully saturated rings. The van der Waals surface area contributed by atoms with Gasteiger partial charge in [0.25, 0.3) is 5.69 Å². The fourth-order valence-corrected chi connectivity index (χ4v) is 9.51. The van der Waals surface area contributed by atoms with Gasteiger partial charge in [0.1, 0.15) is 16.9 Å². The number of halogens is 5. The van der Waals surface area contributed by atoms with Gasteiger partial charge in [0.15, 0.2) is 6.61 Å². The Hall–Kier alpha value is -1.79. The molecule has 242 valence electrons. The fraction of sp³-hybridized carbons (Fsp3) is 0.444. The van der Waals surface area contributed by atoms with Gasteiger partial charge in [-0.05, 0) is 136 Å². The molecular formula is C27H22F2I3NO11S. The quantitative estimate of drug-likeness (QED) is 0.0581. The minimum absolute atomic E-state index is 0.105. The van der Waals surface area contributed by atoms with Gasteiger partial charge in [-0.1, -0.05) is 0 Å². The predicted octanol–water partition coefficient (Wildman–Crippen LogP) is 6.15. The average Bonchev–Trinajstić information content (AvgIpc) is 2.91. The molecule has 45 heavy (non-hydrogen) atoms. The molecule has 4 saturated carbocycles. The second-order valence-electron chi connectivity index (χ2n) is 11.6. The summed E-state index contributed by atoms with van der Waals surface area (Å²) in [6.45, 7) is -1.88. The summed E-state index contributed by atoms with van der Waals surface area (Å²) in [6.07, 6.45) is 1.75. The van der Waals surface area contributed by atoms with E-state index < -0.39 is 67.1 Å². The van der Waals surface area contributed by atoms with Crippen LogP contribution < -0.4 is 4.74 Å². The Balaban J connectivity index is 1.35. The van der Waals surface area contributed by atoms with Crippen molar-refractivity contribution in [3.05, 3.63) is 62.3 Å². The van der Waals surface area contributed by atoms with Crippen LogP contribution in [0.4, 0.5) is 14.5 Å². The first-order valence-electron chi connectivity index (χ1n) is 13.2. The molecule has 0 radical (unpaired) electrons. The minimum atomic E-state index is -5.82. The summed E-state index contributed by atoms with van der Waals surface area (Å²) in [6, 6.07) is 6.74. The lowest BCUT2D eigenvalue weighted by Crippen LogP contribution is -2.60. The summed E-state index contributed by atoms with van der Waals surface area (Å²) in [5.41, 5.74) is -3.42. The Kier molecular flexibility index (Phi) is 9.47. The van der Waals surface area contributed by atoms with Crippen LogP contribution in [0.1, 0.15) is 59.2 Å². The number of hydrogen-bond donors (Lipinski definition) is 1. The zero-order chi connectivity index (χ0) is 33.1. The van der Waals surface area contributed by atoms with Crippen molar-refractivity contribution in [2.75, 3.05) is 6.61 Å². The summed E-state index contributed by atoms with van der Waals surface area (Å²) in [7, 11) is -5.82. The van der Waals surface area contributed by atoms with Crippen molar-refractivity contribution in [2.45, 2.75) is 49.4 Å². The number of nitrogens with zero attached hydrogens (tertiary/aromatic N) is 1. The molecule has 4 bridgehead atoms. The Morgan fingerprint density at radius 3 is 2.27 bits per heavy atom. The number of hydrogen-bond acceptors (Lipinski definition) is 10. The smallest absolute Gasteiger partial charge is 0.402 e. The third-order valence-electron chi connectivity index (χ3n) is 8.31. The molecule has 2 aromatic carbocycles. The normalized spacial score (nSPS) is 25.5. The second-order valence-corrected chi connectivity index (χ2v) is 16.6. The van der Waals surface area contributed by atoms with Gasteiger partial charge < -0.3 is 14.2 Å². The summed E-state index contributed by atoms with van der Waals surface area (Å²) >= 11 is 6.10. The van der Waals surface area contributed by atoms with Gasteiger partial charge in [-0.3, -0.25) is 19.5 Å². The predicted molar refractivity (Wildman–Crippen MR) is 175 cm³/mol. The van der Waals surface area contributed by atoms with Gasteiger partial charge >= 0.3 is 33.3 Å². The highest BCUT2D eigenvalue weighted by Gasteiger charge is 2.63. The zero-order valence-electron chi connectivity index (χ0n) is 22.8. The fourth-order valence-electron chi connectivity index (χ4n) is 6.93. The van der Waals surface area contributed by atoms with Crippen molar-refractivity contribution < 1.29 is 55.3 Å². The van der Waals surface area contributed by atoms with E-state index >= 15 is 0 Å². The van der Waals surface area contributed by atoms with Crippen molar-refractivity contribution in [3.63, 3.8) is 0 Å². The maximum Gasteiger partial charge on any atom is 0.402 e. The van der Waals surface area contributed by atoms with Crippen molar-refractivity contribution in [2.24, 2.45) is 17.3 Å². The Morgan fingerprint density at radius 1 is 1.02 bits per heavy atom. The average molecular weight is 987 g/mol. The van der Waals surface area contributed by atoms with E-state index in [1.54, 1.807) is 6.07 Å². The van der Waals surface area contributed by atoms with E-state index in [1.165, 1.54) is 6.07 Å². The van der Waals surface area contributed by atoms with Crippen molar-refractivity contribution in [1.82, 2.24) is 0 Å². The summed E-state index contributed by atoms with van der Waals surface area (Å²) in [4.78, 5) is 50.5. The van der Waals surface area contributed by atoms with Crippen LogP contribution >= 0.6 is 67.8 Å². The lowest BCUT2D eigenvalue weighted by molar-refractivity contribution is -0.385. The van der Waals surface area contributed by atoms with Crippen LogP contribution in [0.15, 0.2) is 30.3 Å². The molecular weight excluding hydrogens is 965 g/mol. The topological polar surface area (TPSA) is 176 Å². The SMILES string of the molecule is O=C(OC12CC3CC(C1)CC(C(=O)OCC(F)(F)S(=O)(=O)O)(C3)C2)c1ccc(OC(=O)c2cc(I)cc(I)c2I)cc1[N+](=O)[O-]. The molecule has 6 rings (SSSR count). The number of carbonyl (C=O) groups excluding carboxylic acids is 3. The third-order valence-corrected chi connectivity index (χ3v) is 12.8. The zero-order valence-corrected chi connectivity index (χ0v) is 30.1. The summed E-state index contributed by atoms with van der Waals surface area (Å²) in [5, 5.41) is 7.27. The number of alkyl halides is 2. The van der Waals surface area contributed by atoms with Crippen LogP contribution in [0, 0.1) is 38.1 Å². The van der Waals surface area contributed by atoms with E-state index in [2.05, 4.69) is 22.6 Å². The van der Waals surface area contributed by atoms with E-state index in [0.717, 1.165) is 19.3 Å². The van der Waals surface area contributed by atoms with Crippen molar-refractivity contribution >= 4 is 101 Å². The van der Waals surface area contributed by atoms with E-state index in [4.69, 9.17) is 18.8 Å². The van der Waals surface area contributed by atoms with Crippen LogP contribution in [0.3, 0.4) is 0 Å². The highest BCUT2D eigenvalue weighted by molar-refractivity contribution is 14.1. The molecule has 1 N–H and O–H groups in total. The number of ether oxygens (including phenoxy) is 3. The van der Waals surface area contributed by atoms with E-state index in [9.17, 15) is 41.7 Å². The molecule has 0 saturated heterocycles. The monoisotopic (exact) mass is 987 g/mol. The van der Waals surface area contributed by atoms with Gasteiger partial charge in [-0.2, -0.15) is 17.2 Å². The molecule has 4 aliphatic rings. The van der Waals surface area contributed by atoms with Crippen LogP contribution in [0.2, 0.25) is 0 Å². The first kappa shape index (κ1) is 34.5. The van der Waals surface area contributed by atoms with Crippen LogP contribution in [-0.4, -0.2) is 53.3 Å². The molecule has 0 amide bonds. The number of benzene rings is 2. The van der Waals surface area contributed by atoms with Gasteiger partial charge in [0.2, 0.25) is 0 Å². The molecule has 2 atom stereocenters.